The van der Waals surface area contributed by atoms with E-state index in [9.17, 15) is 4.79 Å². The standard InChI is InChI=1S/C26H33ClN2O2/c27-23-10-4-9-22(18-23)26(30)20-29-16-6-12-25(29)21-8-5-11-24(19-21)31-17-7-15-28-13-2-1-3-14-28/h4-5,8-11,18-19,25H,1-3,6-7,12-17,20H2. The number of hydrogen-bond acceptors (Lipinski definition) is 4. The molecular weight excluding hydrogens is 408 g/mol. The molecule has 0 aromatic heterocycles. The van der Waals surface area contributed by atoms with Gasteiger partial charge in [-0.15, -0.1) is 0 Å². The summed E-state index contributed by atoms with van der Waals surface area (Å²) in [5.74, 6) is 1.06. The van der Waals surface area contributed by atoms with E-state index in [1.54, 1.807) is 12.1 Å². The summed E-state index contributed by atoms with van der Waals surface area (Å²) in [7, 11) is 0. The molecule has 0 saturated carbocycles. The Hall–Kier alpha value is -1.88. The van der Waals surface area contributed by atoms with Crippen LogP contribution >= 0.6 is 11.6 Å². The van der Waals surface area contributed by atoms with Gasteiger partial charge in [0, 0.05) is 23.2 Å². The van der Waals surface area contributed by atoms with Crippen LogP contribution in [0.1, 0.15) is 60.5 Å². The van der Waals surface area contributed by atoms with E-state index in [1.807, 2.05) is 18.2 Å². The molecule has 0 radical (unpaired) electrons. The van der Waals surface area contributed by atoms with Gasteiger partial charge in [0.25, 0.3) is 0 Å². The Morgan fingerprint density at radius 1 is 1.00 bits per heavy atom. The molecule has 0 bridgehead atoms. The zero-order valence-corrected chi connectivity index (χ0v) is 19.0. The SMILES string of the molecule is O=C(CN1CCCC1c1cccc(OCCCN2CCCCC2)c1)c1cccc(Cl)c1. The molecule has 2 fully saturated rings. The van der Waals surface area contributed by atoms with E-state index in [4.69, 9.17) is 16.3 Å². The quantitative estimate of drug-likeness (QED) is 0.374. The third-order valence-corrected chi connectivity index (χ3v) is 6.67. The number of hydrogen-bond donors (Lipinski definition) is 0. The first-order chi connectivity index (χ1) is 15.2. The number of benzene rings is 2. The molecule has 1 unspecified atom stereocenters. The highest BCUT2D eigenvalue weighted by atomic mass is 35.5. The van der Waals surface area contributed by atoms with Gasteiger partial charge in [0.2, 0.25) is 0 Å². The van der Waals surface area contributed by atoms with E-state index in [0.29, 0.717) is 17.1 Å². The maximum Gasteiger partial charge on any atom is 0.176 e. The second-order valence-corrected chi connectivity index (χ2v) is 9.18. The van der Waals surface area contributed by atoms with Crippen molar-refractivity contribution >= 4 is 17.4 Å². The van der Waals surface area contributed by atoms with Crippen LogP contribution in [0, 0.1) is 0 Å². The Kier molecular flexibility index (Phi) is 8.01. The lowest BCUT2D eigenvalue weighted by molar-refractivity contribution is 0.0921. The van der Waals surface area contributed by atoms with Crippen molar-refractivity contribution in [1.29, 1.82) is 0 Å². The Bertz CT molecular complexity index is 866. The molecular formula is C26H33ClN2O2. The van der Waals surface area contributed by atoms with Crippen molar-refractivity contribution in [2.45, 2.75) is 44.6 Å². The maximum absolute atomic E-state index is 12.8. The molecule has 2 saturated heterocycles. The minimum Gasteiger partial charge on any atom is -0.494 e. The Balaban J connectivity index is 1.31. The van der Waals surface area contributed by atoms with Crippen LogP contribution in [-0.4, -0.2) is 54.9 Å². The summed E-state index contributed by atoms with van der Waals surface area (Å²) in [5.41, 5.74) is 1.92. The highest BCUT2D eigenvalue weighted by Crippen LogP contribution is 2.33. The predicted octanol–water partition coefficient (Wildman–Crippen LogP) is 5.61. The second kappa shape index (κ2) is 11.1. The van der Waals surface area contributed by atoms with Crippen LogP contribution in [0.25, 0.3) is 0 Å². The molecule has 31 heavy (non-hydrogen) atoms. The van der Waals surface area contributed by atoms with Gasteiger partial charge in [-0.2, -0.15) is 0 Å². The molecule has 2 heterocycles. The third kappa shape index (κ3) is 6.31. The Morgan fingerprint density at radius 2 is 1.84 bits per heavy atom. The van der Waals surface area contributed by atoms with Gasteiger partial charge in [-0.3, -0.25) is 9.69 Å². The van der Waals surface area contributed by atoms with Crippen molar-refractivity contribution in [3.8, 4) is 5.75 Å². The lowest BCUT2D eigenvalue weighted by Crippen LogP contribution is -2.31. The summed E-state index contributed by atoms with van der Waals surface area (Å²) < 4.78 is 6.07. The number of likely N-dealkylation sites (tertiary alicyclic amines) is 2. The summed E-state index contributed by atoms with van der Waals surface area (Å²) in [6.45, 7) is 5.72. The first-order valence-electron chi connectivity index (χ1n) is 11.7. The van der Waals surface area contributed by atoms with E-state index in [2.05, 4.69) is 28.0 Å². The van der Waals surface area contributed by atoms with Crippen LogP contribution in [0.4, 0.5) is 0 Å². The van der Waals surface area contributed by atoms with E-state index in [-0.39, 0.29) is 11.8 Å². The number of Topliss-reactive ketones (excluding diaryl/α,β-unsaturated/α-hetero) is 1. The fourth-order valence-electron chi connectivity index (χ4n) is 4.80. The Labute approximate surface area is 191 Å². The maximum atomic E-state index is 12.8. The fourth-order valence-corrected chi connectivity index (χ4v) is 4.99. The summed E-state index contributed by atoms with van der Waals surface area (Å²) in [6.07, 6.45) is 7.29. The molecule has 2 aliphatic rings. The molecule has 0 aliphatic carbocycles. The van der Waals surface area contributed by atoms with Gasteiger partial charge in [0.05, 0.1) is 13.2 Å². The molecule has 5 heteroatoms. The van der Waals surface area contributed by atoms with Crippen molar-refractivity contribution < 1.29 is 9.53 Å². The number of halogens is 1. The van der Waals surface area contributed by atoms with Gasteiger partial charge >= 0.3 is 0 Å². The zero-order valence-electron chi connectivity index (χ0n) is 18.3. The molecule has 4 nitrogen and oxygen atoms in total. The van der Waals surface area contributed by atoms with Crippen LogP contribution in [0.3, 0.4) is 0 Å². The first-order valence-corrected chi connectivity index (χ1v) is 12.0. The molecule has 0 N–H and O–H groups in total. The number of carbonyl (C=O) groups excluding carboxylic acids is 1. The van der Waals surface area contributed by atoms with E-state index < -0.39 is 0 Å². The molecule has 2 aromatic rings. The molecule has 2 aromatic carbocycles. The highest BCUT2D eigenvalue weighted by Gasteiger charge is 2.28. The summed E-state index contributed by atoms with van der Waals surface area (Å²) in [6, 6.07) is 15.9. The lowest BCUT2D eigenvalue weighted by atomic mass is 10.0. The molecule has 0 spiro atoms. The van der Waals surface area contributed by atoms with Crippen molar-refractivity contribution in [1.82, 2.24) is 9.80 Å². The summed E-state index contributed by atoms with van der Waals surface area (Å²) in [5, 5.41) is 0.606. The number of nitrogens with zero attached hydrogens (tertiary/aromatic N) is 2. The average molecular weight is 441 g/mol. The topological polar surface area (TPSA) is 32.8 Å². The summed E-state index contributed by atoms with van der Waals surface area (Å²) in [4.78, 5) is 17.6. The number of rotatable bonds is 9. The molecule has 1 atom stereocenters. The Morgan fingerprint density at radius 3 is 2.68 bits per heavy atom. The van der Waals surface area contributed by atoms with Crippen molar-refractivity contribution in [3.05, 3.63) is 64.7 Å². The van der Waals surface area contributed by atoms with Crippen molar-refractivity contribution in [2.24, 2.45) is 0 Å². The van der Waals surface area contributed by atoms with Crippen LogP contribution in [-0.2, 0) is 0 Å². The highest BCUT2D eigenvalue weighted by molar-refractivity contribution is 6.31. The minimum atomic E-state index is 0.125. The number of piperidine rings is 1. The van der Waals surface area contributed by atoms with Crippen LogP contribution in [0.5, 0.6) is 5.75 Å². The molecule has 166 valence electrons. The third-order valence-electron chi connectivity index (χ3n) is 6.44. The van der Waals surface area contributed by atoms with Crippen LogP contribution < -0.4 is 4.74 Å². The minimum absolute atomic E-state index is 0.125. The summed E-state index contributed by atoms with van der Waals surface area (Å²) >= 11 is 6.06. The average Bonchev–Trinajstić information content (AvgIpc) is 3.26. The van der Waals surface area contributed by atoms with Gasteiger partial charge in [-0.05, 0) is 81.6 Å². The van der Waals surface area contributed by atoms with E-state index >= 15 is 0 Å². The van der Waals surface area contributed by atoms with Gasteiger partial charge in [0.15, 0.2) is 5.78 Å². The monoisotopic (exact) mass is 440 g/mol. The smallest absolute Gasteiger partial charge is 0.176 e. The van der Waals surface area contributed by atoms with E-state index in [1.165, 1.54) is 37.9 Å². The molecule has 0 amide bonds. The number of ketones is 1. The second-order valence-electron chi connectivity index (χ2n) is 8.74. The molecule has 4 rings (SSSR count). The zero-order chi connectivity index (χ0) is 21.5. The van der Waals surface area contributed by atoms with Gasteiger partial charge in [-0.1, -0.05) is 42.3 Å². The largest absolute Gasteiger partial charge is 0.494 e. The van der Waals surface area contributed by atoms with Gasteiger partial charge < -0.3 is 9.64 Å². The predicted molar refractivity (Wildman–Crippen MR) is 126 cm³/mol. The van der Waals surface area contributed by atoms with Crippen molar-refractivity contribution in [2.75, 3.05) is 39.3 Å². The van der Waals surface area contributed by atoms with E-state index in [0.717, 1.165) is 44.7 Å². The fraction of sp³-hybridized carbons (Fsp3) is 0.500. The normalized spacial score (nSPS) is 20.1. The lowest BCUT2D eigenvalue weighted by Gasteiger charge is -2.26. The molecule has 2 aliphatic heterocycles. The van der Waals surface area contributed by atoms with Crippen molar-refractivity contribution in [3.63, 3.8) is 0 Å². The van der Waals surface area contributed by atoms with Crippen LogP contribution in [0.2, 0.25) is 5.02 Å². The number of carbonyl (C=O) groups is 1. The number of ether oxygens (including phenoxy) is 1. The first kappa shape index (κ1) is 22.3. The van der Waals surface area contributed by atoms with Crippen LogP contribution in [0.15, 0.2) is 48.5 Å². The van der Waals surface area contributed by atoms with Gasteiger partial charge in [0.1, 0.15) is 5.75 Å². The van der Waals surface area contributed by atoms with Gasteiger partial charge in [-0.25, -0.2) is 0 Å².